The van der Waals surface area contributed by atoms with Crippen LogP contribution >= 0.6 is 0 Å². The Morgan fingerprint density at radius 2 is 1.73 bits per heavy atom. The third kappa shape index (κ3) is 3.25. The molecule has 1 saturated carbocycles. The Kier molecular flexibility index (Phi) is 4.52. The van der Waals surface area contributed by atoms with Gasteiger partial charge in [-0.3, -0.25) is 4.79 Å². The number of aromatic nitrogens is 2. The van der Waals surface area contributed by atoms with Gasteiger partial charge in [-0.25, -0.2) is 9.97 Å². The van der Waals surface area contributed by atoms with Gasteiger partial charge >= 0.3 is 0 Å². The number of nitrogens with zero attached hydrogens (tertiary/aromatic N) is 2. The van der Waals surface area contributed by atoms with Crippen LogP contribution in [0.5, 0.6) is 5.88 Å². The number of ether oxygens (including phenoxy) is 1. The van der Waals surface area contributed by atoms with Crippen molar-refractivity contribution in [3.05, 3.63) is 66.5 Å². The van der Waals surface area contributed by atoms with Gasteiger partial charge in [0.15, 0.2) is 6.61 Å². The molecule has 1 aliphatic carbocycles. The quantitative estimate of drug-likeness (QED) is 0.766. The summed E-state index contributed by atoms with van der Waals surface area (Å²) in [6.45, 7) is -0.0599. The van der Waals surface area contributed by atoms with Crippen molar-refractivity contribution in [2.45, 2.75) is 31.2 Å². The topological polar surface area (TPSA) is 64.1 Å². The summed E-state index contributed by atoms with van der Waals surface area (Å²) in [7, 11) is 0. The van der Waals surface area contributed by atoms with Crippen molar-refractivity contribution in [2.24, 2.45) is 0 Å². The van der Waals surface area contributed by atoms with Crippen molar-refractivity contribution in [1.29, 1.82) is 0 Å². The predicted octanol–water partition coefficient (Wildman–Crippen LogP) is 3.59. The van der Waals surface area contributed by atoms with E-state index in [-0.39, 0.29) is 18.1 Å². The molecule has 1 heterocycles. The van der Waals surface area contributed by atoms with Gasteiger partial charge in [0.05, 0.1) is 16.4 Å². The van der Waals surface area contributed by atoms with Gasteiger partial charge in [0.1, 0.15) is 6.33 Å². The maximum Gasteiger partial charge on any atom is 0.258 e. The van der Waals surface area contributed by atoms with Gasteiger partial charge in [-0.1, -0.05) is 55.3 Å². The molecule has 5 heteroatoms. The number of nitrogens with one attached hydrogen (secondary N) is 1. The normalized spacial score (nSPS) is 15.7. The molecular weight excluding hydrogens is 326 g/mol. The lowest BCUT2D eigenvalue weighted by Gasteiger charge is -2.31. The van der Waals surface area contributed by atoms with Crippen LogP contribution < -0.4 is 10.1 Å². The van der Waals surface area contributed by atoms with Crippen molar-refractivity contribution in [1.82, 2.24) is 15.3 Å². The molecular formula is C21H21N3O2. The highest BCUT2D eigenvalue weighted by molar-refractivity contribution is 5.84. The first-order chi connectivity index (χ1) is 12.8. The van der Waals surface area contributed by atoms with E-state index in [2.05, 4.69) is 27.4 Å². The van der Waals surface area contributed by atoms with Crippen molar-refractivity contribution in [3.63, 3.8) is 0 Å². The molecule has 5 nitrogen and oxygen atoms in total. The molecule has 2 aromatic carbocycles. The maximum absolute atomic E-state index is 12.6. The third-order valence-corrected chi connectivity index (χ3v) is 5.01. The standard InChI is InChI=1S/C21H21N3O2/c25-19(14-26-20-17-10-4-5-11-18(17)22-15-23-20)24-21(12-6-7-13-21)16-8-2-1-3-9-16/h1-5,8-11,15H,6-7,12-14H2,(H,24,25). The molecule has 1 fully saturated rings. The maximum atomic E-state index is 12.6. The van der Waals surface area contributed by atoms with E-state index in [0.717, 1.165) is 36.6 Å². The highest BCUT2D eigenvalue weighted by Gasteiger charge is 2.36. The van der Waals surface area contributed by atoms with E-state index in [1.165, 1.54) is 11.9 Å². The Hall–Kier alpha value is -2.95. The second-order valence-corrected chi connectivity index (χ2v) is 6.69. The number of benzene rings is 2. The highest BCUT2D eigenvalue weighted by Crippen LogP contribution is 2.38. The number of carbonyl (C=O) groups is 1. The SMILES string of the molecule is O=C(COc1ncnc2ccccc12)NC1(c2ccccc2)CCCC1. The zero-order valence-corrected chi connectivity index (χ0v) is 14.5. The molecule has 0 unspecified atom stereocenters. The van der Waals surface area contributed by atoms with E-state index in [9.17, 15) is 4.79 Å². The summed E-state index contributed by atoms with van der Waals surface area (Å²) < 4.78 is 5.71. The zero-order chi connectivity index (χ0) is 17.8. The molecule has 132 valence electrons. The van der Waals surface area contributed by atoms with E-state index in [1.807, 2.05) is 42.5 Å². The van der Waals surface area contributed by atoms with Gasteiger partial charge in [0.25, 0.3) is 5.91 Å². The minimum absolute atomic E-state index is 0.0599. The molecule has 1 aromatic heterocycles. The summed E-state index contributed by atoms with van der Waals surface area (Å²) in [5.41, 5.74) is 1.68. The Morgan fingerprint density at radius 1 is 1.00 bits per heavy atom. The summed E-state index contributed by atoms with van der Waals surface area (Å²) >= 11 is 0. The Labute approximate surface area is 152 Å². The summed E-state index contributed by atoms with van der Waals surface area (Å²) in [5.74, 6) is 0.310. The summed E-state index contributed by atoms with van der Waals surface area (Å²) in [6, 6.07) is 17.8. The predicted molar refractivity (Wildman–Crippen MR) is 99.8 cm³/mol. The zero-order valence-electron chi connectivity index (χ0n) is 14.5. The fourth-order valence-corrected chi connectivity index (χ4v) is 3.75. The molecule has 0 aliphatic heterocycles. The molecule has 1 N–H and O–H groups in total. The molecule has 1 amide bonds. The lowest BCUT2D eigenvalue weighted by molar-refractivity contribution is -0.125. The number of carbonyl (C=O) groups excluding carboxylic acids is 1. The molecule has 1 aliphatic rings. The summed E-state index contributed by atoms with van der Waals surface area (Å²) in [4.78, 5) is 21.0. The van der Waals surface area contributed by atoms with Crippen LogP contribution in [0.4, 0.5) is 0 Å². The highest BCUT2D eigenvalue weighted by atomic mass is 16.5. The lowest BCUT2D eigenvalue weighted by Crippen LogP contribution is -2.45. The molecule has 0 atom stereocenters. The van der Waals surface area contributed by atoms with Crippen LogP contribution in [0.1, 0.15) is 31.2 Å². The molecule has 4 rings (SSSR count). The van der Waals surface area contributed by atoms with Crippen LogP contribution in [0.2, 0.25) is 0 Å². The molecule has 3 aromatic rings. The van der Waals surface area contributed by atoms with Gasteiger partial charge < -0.3 is 10.1 Å². The average molecular weight is 347 g/mol. The third-order valence-electron chi connectivity index (χ3n) is 5.01. The first kappa shape index (κ1) is 16.5. The summed E-state index contributed by atoms with van der Waals surface area (Å²) in [5, 5.41) is 4.03. The fraction of sp³-hybridized carbons (Fsp3) is 0.286. The second kappa shape index (κ2) is 7.12. The number of rotatable bonds is 5. The average Bonchev–Trinajstić information content (AvgIpc) is 3.16. The number of hydrogen-bond donors (Lipinski definition) is 1. The largest absolute Gasteiger partial charge is 0.467 e. The minimum Gasteiger partial charge on any atom is -0.467 e. The number of fused-ring (bicyclic) bond motifs is 1. The molecule has 0 radical (unpaired) electrons. The van der Waals surface area contributed by atoms with Crippen molar-refractivity contribution in [2.75, 3.05) is 6.61 Å². The van der Waals surface area contributed by atoms with Crippen LogP contribution in [0, 0.1) is 0 Å². The van der Waals surface area contributed by atoms with Crippen molar-refractivity contribution in [3.8, 4) is 5.88 Å². The molecule has 0 saturated heterocycles. The molecule has 0 bridgehead atoms. The van der Waals surface area contributed by atoms with Gasteiger partial charge in [-0.05, 0) is 30.5 Å². The Balaban J connectivity index is 1.48. The monoisotopic (exact) mass is 347 g/mol. The molecule has 0 spiro atoms. The van der Waals surface area contributed by atoms with E-state index < -0.39 is 0 Å². The van der Waals surface area contributed by atoms with Crippen LogP contribution in [-0.4, -0.2) is 22.5 Å². The van der Waals surface area contributed by atoms with Gasteiger partial charge in [0, 0.05) is 0 Å². The van der Waals surface area contributed by atoms with Crippen molar-refractivity contribution >= 4 is 16.8 Å². The first-order valence-corrected chi connectivity index (χ1v) is 8.96. The first-order valence-electron chi connectivity index (χ1n) is 8.96. The van der Waals surface area contributed by atoms with Gasteiger partial charge in [0.2, 0.25) is 5.88 Å². The minimum atomic E-state index is -0.282. The van der Waals surface area contributed by atoms with E-state index in [1.54, 1.807) is 0 Å². The lowest BCUT2D eigenvalue weighted by atomic mass is 9.88. The van der Waals surface area contributed by atoms with Crippen LogP contribution in [-0.2, 0) is 10.3 Å². The second-order valence-electron chi connectivity index (χ2n) is 6.69. The fourth-order valence-electron chi connectivity index (χ4n) is 3.75. The smallest absolute Gasteiger partial charge is 0.258 e. The van der Waals surface area contributed by atoms with Crippen LogP contribution in [0.25, 0.3) is 10.9 Å². The van der Waals surface area contributed by atoms with Crippen LogP contribution in [0.3, 0.4) is 0 Å². The van der Waals surface area contributed by atoms with Gasteiger partial charge in [-0.15, -0.1) is 0 Å². The van der Waals surface area contributed by atoms with Crippen molar-refractivity contribution < 1.29 is 9.53 Å². The molecule has 26 heavy (non-hydrogen) atoms. The number of amides is 1. The van der Waals surface area contributed by atoms with E-state index in [4.69, 9.17) is 4.74 Å². The Bertz CT molecular complexity index is 900. The Morgan fingerprint density at radius 3 is 2.54 bits per heavy atom. The van der Waals surface area contributed by atoms with E-state index in [0.29, 0.717) is 5.88 Å². The van der Waals surface area contributed by atoms with E-state index >= 15 is 0 Å². The summed E-state index contributed by atoms with van der Waals surface area (Å²) in [6.07, 6.45) is 5.61. The number of para-hydroxylation sites is 1. The number of hydrogen-bond acceptors (Lipinski definition) is 4. The van der Waals surface area contributed by atoms with Crippen LogP contribution in [0.15, 0.2) is 60.9 Å². The van der Waals surface area contributed by atoms with Gasteiger partial charge in [-0.2, -0.15) is 0 Å².